The molecule has 0 radical (unpaired) electrons. The predicted octanol–water partition coefficient (Wildman–Crippen LogP) is 2.60. The first-order chi connectivity index (χ1) is 8.60. The molecule has 0 aromatic carbocycles. The lowest BCUT2D eigenvalue weighted by atomic mass is 9.71. The highest BCUT2D eigenvalue weighted by Gasteiger charge is 2.37. The molecule has 2 rings (SSSR count). The van der Waals surface area contributed by atoms with E-state index in [1.165, 1.54) is 51.4 Å². The fraction of sp³-hybridized carbons (Fsp3) is 0.933. The van der Waals surface area contributed by atoms with E-state index < -0.39 is 0 Å². The second-order valence-electron chi connectivity index (χ2n) is 6.58. The van der Waals surface area contributed by atoms with Crippen LogP contribution in [0, 0.1) is 5.41 Å². The molecule has 0 heterocycles. The van der Waals surface area contributed by atoms with Gasteiger partial charge in [-0.3, -0.25) is 4.79 Å². The van der Waals surface area contributed by atoms with Crippen molar-refractivity contribution in [2.24, 2.45) is 5.41 Å². The third kappa shape index (κ3) is 3.71. The van der Waals surface area contributed by atoms with Crippen molar-refractivity contribution in [2.75, 3.05) is 6.54 Å². The molecule has 104 valence electrons. The van der Waals surface area contributed by atoms with E-state index in [9.17, 15) is 4.79 Å². The summed E-state index contributed by atoms with van der Waals surface area (Å²) < 4.78 is 0. The van der Waals surface area contributed by atoms with Crippen LogP contribution in [0.15, 0.2) is 0 Å². The normalized spacial score (nSPS) is 23.7. The van der Waals surface area contributed by atoms with Crippen molar-refractivity contribution in [3.8, 4) is 0 Å². The third-order valence-electron chi connectivity index (χ3n) is 4.71. The minimum Gasteiger partial charge on any atom is -0.353 e. The number of hydrogen-bond acceptors (Lipinski definition) is 2. The highest BCUT2D eigenvalue weighted by molar-refractivity contribution is 5.78. The molecule has 2 fully saturated rings. The summed E-state index contributed by atoms with van der Waals surface area (Å²) in [6.07, 6.45) is 11.0. The fourth-order valence-electron chi connectivity index (χ4n) is 3.67. The zero-order valence-corrected chi connectivity index (χ0v) is 11.9. The Bertz CT molecular complexity index is 272. The molecule has 1 amide bonds. The zero-order valence-electron chi connectivity index (χ0n) is 11.9. The van der Waals surface area contributed by atoms with Gasteiger partial charge in [-0.25, -0.2) is 0 Å². The molecule has 0 aromatic heterocycles. The Morgan fingerprint density at radius 2 is 1.78 bits per heavy atom. The Morgan fingerprint density at radius 3 is 2.33 bits per heavy atom. The molecule has 2 saturated carbocycles. The first kappa shape index (κ1) is 13.9. The third-order valence-corrected chi connectivity index (χ3v) is 4.71. The summed E-state index contributed by atoms with van der Waals surface area (Å²) >= 11 is 0. The van der Waals surface area contributed by atoms with Crippen LogP contribution in [0.2, 0.25) is 0 Å². The average Bonchev–Trinajstić information content (AvgIpc) is 2.76. The van der Waals surface area contributed by atoms with Crippen LogP contribution in [0.1, 0.15) is 65.2 Å². The Labute approximate surface area is 111 Å². The maximum absolute atomic E-state index is 11.6. The highest BCUT2D eigenvalue weighted by atomic mass is 16.1. The predicted molar refractivity (Wildman–Crippen MR) is 74.4 cm³/mol. The van der Waals surface area contributed by atoms with Crippen LogP contribution >= 0.6 is 0 Å². The van der Waals surface area contributed by atoms with Crippen LogP contribution in [-0.4, -0.2) is 24.5 Å². The molecular formula is C15H28N2O. The van der Waals surface area contributed by atoms with Crippen LogP contribution in [0.4, 0.5) is 0 Å². The summed E-state index contributed by atoms with van der Waals surface area (Å²) in [5.74, 6) is 0.131. The largest absolute Gasteiger partial charge is 0.353 e. The molecule has 0 aromatic rings. The van der Waals surface area contributed by atoms with E-state index in [1.54, 1.807) is 0 Å². The van der Waals surface area contributed by atoms with Gasteiger partial charge < -0.3 is 10.6 Å². The maximum atomic E-state index is 11.6. The van der Waals surface area contributed by atoms with Gasteiger partial charge in [-0.15, -0.1) is 0 Å². The van der Waals surface area contributed by atoms with E-state index in [4.69, 9.17) is 0 Å². The molecular weight excluding hydrogens is 224 g/mol. The van der Waals surface area contributed by atoms with Crippen LogP contribution in [0.5, 0.6) is 0 Å². The first-order valence-corrected chi connectivity index (χ1v) is 7.62. The summed E-state index contributed by atoms with van der Waals surface area (Å²) in [7, 11) is 0. The van der Waals surface area contributed by atoms with Gasteiger partial charge in [-0.05, 0) is 57.8 Å². The summed E-state index contributed by atoms with van der Waals surface area (Å²) in [5, 5.41) is 6.35. The summed E-state index contributed by atoms with van der Waals surface area (Å²) in [5.41, 5.74) is 0.693. The Hall–Kier alpha value is -0.570. The molecule has 2 N–H and O–H groups in total. The van der Waals surface area contributed by atoms with Crippen molar-refractivity contribution >= 4 is 5.91 Å². The summed E-state index contributed by atoms with van der Waals surface area (Å²) in [6, 6.07) is 0.807. The van der Waals surface area contributed by atoms with Crippen molar-refractivity contribution < 1.29 is 4.79 Å². The average molecular weight is 252 g/mol. The molecule has 1 spiro atoms. The minimum absolute atomic E-state index is 0.131. The topological polar surface area (TPSA) is 41.1 Å². The lowest BCUT2D eigenvalue weighted by molar-refractivity contribution is -0.120. The molecule has 2 aliphatic carbocycles. The monoisotopic (exact) mass is 252 g/mol. The molecule has 0 bridgehead atoms. The standard InChI is InChI=1S/C15H28N2O/c1-12(2)17-14(18)11-16-13-5-9-15(10-6-13)7-3-4-8-15/h12-13,16H,3-11H2,1-2H3,(H,17,18). The van der Waals surface area contributed by atoms with Crippen molar-refractivity contribution in [1.82, 2.24) is 10.6 Å². The second-order valence-corrected chi connectivity index (χ2v) is 6.58. The van der Waals surface area contributed by atoms with Crippen molar-refractivity contribution in [3.63, 3.8) is 0 Å². The minimum atomic E-state index is 0.131. The first-order valence-electron chi connectivity index (χ1n) is 7.62. The number of nitrogens with one attached hydrogen (secondary N) is 2. The maximum Gasteiger partial charge on any atom is 0.234 e. The van der Waals surface area contributed by atoms with E-state index in [-0.39, 0.29) is 11.9 Å². The Kier molecular flexibility index (Phi) is 4.66. The quantitative estimate of drug-likeness (QED) is 0.807. The van der Waals surface area contributed by atoms with E-state index in [2.05, 4.69) is 10.6 Å². The zero-order chi connectivity index (χ0) is 13.0. The number of carbonyl (C=O) groups excluding carboxylic acids is 1. The lowest BCUT2D eigenvalue weighted by Crippen LogP contribution is -2.43. The number of amides is 1. The van der Waals surface area contributed by atoms with Crippen LogP contribution < -0.4 is 10.6 Å². The smallest absolute Gasteiger partial charge is 0.234 e. The molecule has 18 heavy (non-hydrogen) atoms. The van der Waals surface area contributed by atoms with E-state index in [0.717, 1.165) is 0 Å². The van der Waals surface area contributed by atoms with Gasteiger partial charge in [-0.1, -0.05) is 12.8 Å². The Balaban J connectivity index is 1.66. The van der Waals surface area contributed by atoms with Gasteiger partial charge in [0.15, 0.2) is 0 Å². The summed E-state index contributed by atoms with van der Waals surface area (Å²) in [6.45, 7) is 4.49. The van der Waals surface area contributed by atoms with Crippen LogP contribution in [0.3, 0.4) is 0 Å². The van der Waals surface area contributed by atoms with Gasteiger partial charge in [0.05, 0.1) is 6.54 Å². The van der Waals surface area contributed by atoms with E-state index in [1.807, 2.05) is 13.8 Å². The molecule has 0 unspecified atom stereocenters. The van der Waals surface area contributed by atoms with Gasteiger partial charge in [0, 0.05) is 12.1 Å². The SMILES string of the molecule is CC(C)NC(=O)CNC1CCC2(CCCC2)CC1. The van der Waals surface area contributed by atoms with Crippen LogP contribution in [-0.2, 0) is 4.79 Å². The molecule has 3 heteroatoms. The lowest BCUT2D eigenvalue weighted by Gasteiger charge is -2.37. The van der Waals surface area contributed by atoms with Gasteiger partial charge in [0.2, 0.25) is 5.91 Å². The molecule has 0 atom stereocenters. The van der Waals surface area contributed by atoms with Gasteiger partial charge in [-0.2, -0.15) is 0 Å². The summed E-state index contributed by atoms with van der Waals surface area (Å²) in [4.78, 5) is 11.6. The van der Waals surface area contributed by atoms with Crippen LogP contribution in [0.25, 0.3) is 0 Å². The highest BCUT2D eigenvalue weighted by Crippen LogP contribution is 2.48. The number of hydrogen-bond donors (Lipinski definition) is 2. The molecule has 0 aliphatic heterocycles. The van der Waals surface area contributed by atoms with Gasteiger partial charge >= 0.3 is 0 Å². The van der Waals surface area contributed by atoms with E-state index >= 15 is 0 Å². The van der Waals surface area contributed by atoms with E-state index in [0.29, 0.717) is 18.0 Å². The number of carbonyl (C=O) groups is 1. The van der Waals surface area contributed by atoms with Gasteiger partial charge in [0.1, 0.15) is 0 Å². The van der Waals surface area contributed by atoms with Crippen molar-refractivity contribution in [2.45, 2.75) is 77.3 Å². The second kappa shape index (κ2) is 6.05. The molecule has 2 aliphatic rings. The Morgan fingerprint density at radius 1 is 1.17 bits per heavy atom. The molecule has 3 nitrogen and oxygen atoms in total. The van der Waals surface area contributed by atoms with Crippen molar-refractivity contribution in [3.05, 3.63) is 0 Å². The van der Waals surface area contributed by atoms with Crippen molar-refractivity contribution in [1.29, 1.82) is 0 Å². The molecule has 0 saturated heterocycles. The number of rotatable bonds is 4. The van der Waals surface area contributed by atoms with Gasteiger partial charge in [0.25, 0.3) is 0 Å². The fourth-order valence-corrected chi connectivity index (χ4v) is 3.67.